The number of amides is 2. The zero-order chi connectivity index (χ0) is 11.4. The van der Waals surface area contributed by atoms with Gasteiger partial charge in [0.2, 0.25) is 11.8 Å². The number of carbonyl (C=O) groups is 2. The first-order valence-corrected chi connectivity index (χ1v) is 5.06. The van der Waals surface area contributed by atoms with Crippen molar-refractivity contribution in [3.8, 4) is 11.8 Å². The van der Waals surface area contributed by atoms with Crippen molar-refractivity contribution >= 4 is 11.8 Å². The van der Waals surface area contributed by atoms with Crippen LogP contribution in [-0.4, -0.2) is 35.3 Å². The highest BCUT2D eigenvalue weighted by Gasteiger charge is 2.39. The maximum atomic E-state index is 11.7. The van der Waals surface area contributed by atoms with Crippen molar-refractivity contribution in [1.82, 2.24) is 10.2 Å². The Morgan fingerprint density at radius 3 is 2.67 bits per heavy atom. The molecule has 82 valence electrons. The van der Waals surface area contributed by atoms with Crippen molar-refractivity contribution in [3.63, 3.8) is 0 Å². The molecule has 1 aliphatic heterocycles. The van der Waals surface area contributed by atoms with Gasteiger partial charge in [0.15, 0.2) is 0 Å². The molecule has 1 saturated heterocycles. The normalized spacial score (nSPS) is 20.8. The second kappa shape index (κ2) is 4.94. The molecule has 1 fully saturated rings. The van der Waals surface area contributed by atoms with Crippen LogP contribution in [0.15, 0.2) is 0 Å². The van der Waals surface area contributed by atoms with Crippen LogP contribution in [0.25, 0.3) is 0 Å². The average molecular weight is 208 g/mol. The number of carbonyl (C=O) groups excluding carboxylic acids is 2. The largest absolute Gasteiger partial charge is 0.295 e. The molecular weight excluding hydrogens is 192 g/mol. The van der Waals surface area contributed by atoms with E-state index in [0.29, 0.717) is 6.54 Å². The van der Waals surface area contributed by atoms with Gasteiger partial charge in [0, 0.05) is 6.04 Å². The monoisotopic (exact) mass is 208 g/mol. The van der Waals surface area contributed by atoms with Gasteiger partial charge in [-0.25, -0.2) is 0 Å². The van der Waals surface area contributed by atoms with Crippen LogP contribution >= 0.6 is 0 Å². The van der Waals surface area contributed by atoms with Crippen molar-refractivity contribution in [3.05, 3.63) is 0 Å². The predicted octanol–water partition coefficient (Wildman–Crippen LogP) is 0.135. The van der Waals surface area contributed by atoms with Crippen molar-refractivity contribution < 1.29 is 9.59 Å². The van der Waals surface area contributed by atoms with Gasteiger partial charge in [0.25, 0.3) is 0 Å². The first-order valence-electron chi connectivity index (χ1n) is 5.06. The molecule has 0 radical (unpaired) electrons. The van der Waals surface area contributed by atoms with E-state index in [0.717, 1.165) is 0 Å². The van der Waals surface area contributed by atoms with E-state index < -0.39 is 0 Å². The lowest BCUT2D eigenvalue weighted by Crippen LogP contribution is -2.41. The van der Waals surface area contributed by atoms with Crippen molar-refractivity contribution in [2.24, 2.45) is 0 Å². The fraction of sp³-hybridized carbons (Fsp3) is 0.636. The number of nitrogens with zero attached hydrogens (tertiary/aromatic N) is 1. The number of rotatable bonds is 3. The third kappa shape index (κ3) is 2.57. The summed E-state index contributed by atoms with van der Waals surface area (Å²) in [5.74, 6) is 5.31. The lowest BCUT2D eigenvalue weighted by Gasteiger charge is -2.18. The SMILES string of the molecule is CC#CCNC1CC(=O)N(C(C)C)C1=O. The van der Waals surface area contributed by atoms with E-state index >= 15 is 0 Å². The molecule has 0 aromatic carbocycles. The molecule has 0 saturated carbocycles. The predicted molar refractivity (Wildman–Crippen MR) is 56.8 cm³/mol. The summed E-state index contributed by atoms with van der Waals surface area (Å²) >= 11 is 0. The van der Waals surface area contributed by atoms with Crippen LogP contribution in [0.4, 0.5) is 0 Å². The molecule has 0 aromatic heterocycles. The van der Waals surface area contributed by atoms with Gasteiger partial charge in [-0.2, -0.15) is 0 Å². The summed E-state index contributed by atoms with van der Waals surface area (Å²) in [5, 5.41) is 2.96. The Morgan fingerprint density at radius 1 is 1.53 bits per heavy atom. The van der Waals surface area contributed by atoms with E-state index in [1.54, 1.807) is 6.92 Å². The Balaban J connectivity index is 2.60. The van der Waals surface area contributed by atoms with Gasteiger partial charge in [-0.1, -0.05) is 5.92 Å². The first-order chi connectivity index (χ1) is 7.07. The Kier molecular flexibility index (Phi) is 3.87. The Morgan fingerprint density at radius 2 is 2.20 bits per heavy atom. The van der Waals surface area contributed by atoms with E-state index in [9.17, 15) is 9.59 Å². The van der Waals surface area contributed by atoms with Gasteiger partial charge in [0.05, 0.1) is 19.0 Å². The molecule has 1 N–H and O–H groups in total. The molecule has 1 heterocycles. The van der Waals surface area contributed by atoms with Crippen LogP contribution in [-0.2, 0) is 9.59 Å². The summed E-state index contributed by atoms with van der Waals surface area (Å²) in [7, 11) is 0. The Labute approximate surface area is 90.0 Å². The van der Waals surface area contributed by atoms with E-state index in [1.165, 1.54) is 4.90 Å². The zero-order valence-electron chi connectivity index (χ0n) is 9.33. The first kappa shape index (κ1) is 11.7. The van der Waals surface area contributed by atoms with Gasteiger partial charge in [-0.15, -0.1) is 5.92 Å². The maximum absolute atomic E-state index is 11.7. The molecule has 0 aromatic rings. The quantitative estimate of drug-likeness (QED) is 0.530. The van der Waals surface area contributed by atoms with Crippen molar-refractivity contribution in [1.29, 1.82) is 0 Å². The lowest BCUT2D eigenvalue weighted by molar-refractivity contribution is -0.140. The smallest absolute Gasteiger partial charge is 0.247 e. The summed E-state index contributed by atoms with van der Waals surface area (Å²) in [6.07, 6.45) is 0.252. The highest BCUT2D eigenvalue weighted by molar-refractivity contribution is 6.05. The van der Waals surface area contributed by atoms with Gasteiger partial charge in [0.1, 0.15) is 0 Å². The minimum atomic E-state index is -0.388. The number of hydrogen-bond acceptors (Lipinski definition) is 3. The molecule has 4 nitrogen and oxygen atoms in total. The van der Waals surface area contributed by atoms with Crippen LogP contribution in [0, 0.1) is 11.8 Å². The molecule has 15 heavy (non-hydrogen) atoms. The van der Waals surface area contributed by atoms with Crippen molar-refractivity contribution in [2.75, 3.05) is 6.54 Å². The fourth-order valence-corrected chi connectivity index (χ4v) is 1.62. The van der Waals surface area contributed by atoms with Gasteiger partial charge < -0.3 is 0 Å². The van der Waals surface area contributed by atoms with Gasteiger partial charge >= 0.3 is 0 Å². The van der Waals surface area contributed by atoms with Crippen LogP contribution in [0.1, 0.15) is 27.2 Å². The number of nitrogens with one attached hydrogen (secondary N) is 1. The third-order valence-corrected chi connectivity index (χ3v) is 2.31. The molecule has 4 heteroatoms. The van der Waals surface area contributed by atoms with Crippen LogP contribution in [0.2, 0.25) is 0 Å². The van der Waals surface area contributed by atoms with Crippen molar-refractivity contribution in [2.45, 2.75) is 39.3 Å². The second-order valence-electron chi connectivity index (χ2n) is 3.76. The standard InChI is InChI=1S/C11H16N2O2/c1-4-5-6-12-9-7-10(14)13(8(2)3)11(9)15/h8-9,12H,6-7H2,1-3H3. The second-order valence-corrected chi connectivity index (χ2v) is 3.76. The highest BCUT2D eigenvalue weighted by atomic mass is 16.2. The van der Waals surface area contributed by atoms with Crippen LogP contribution in [0.5, 0.6) is 0 Å². The highest BCUT2D eigenvalue weighted by Crippen LogP contribution is 2.15. The third-order valence-electron chi connectivity index (χ3n) is 2.31. The summed E-state index contributed by atoms with van der Waals surface area (Å²) in [6, 6.07) is -0.449. The molecule has 1 rings (SSSR count). The molecule has 0 bridgehead atoms. The summed E-state index contributed by atoms with van der Waals surface area (Å²) in [4.78, 5) is 24.6. The summed E-state index contributed by atoms with van der Waals surface area (Å²) in [5.41, 5.74) is 0. The van der Waals surface area contributed by atoms with E-state index in [4.69, 9.17) is 0 Å². The lowest BCUT2D eigenvalue weighted by atomic mass is 10.2. The number of imide groups is 1. The molecule has 1 atom stereocenters. The summed E-state index contributed by atoms with van der Waals surface area (Å²) < 4.78 is 0. The molecule has 2 amide bonds. The van der Waals surface area contributed by atoms with Crippen LogP contribution < -0.4 is 5.32 Å². The average Bonchev–Trinajstić information content (AvgIpc) is 2.42. The molecule has 1 unspecified atom stereocenters. The minimum absolute atomic E-state index is 0.0611. The fourth-order valence-electron chi connectivity index (χ4n) is 1.62. The molecule has 0 aliphatic carbocycles. The van der Waals surface area contributed by atoms with Crippen LogP contribution in [0.3, 0.4) is 0 Å². The minimum Gasteiger partial charge on any atom is -0.295 e. The Hall–Kier alpha value is -1.34. The molecule has 0 spiro atoms. The van der Waals surface area contributed by atoms with E-state index in [1.807, 2.05) is 13.8 Å². The molecular formula is C11H16N2O2. The number of likely N-dealkylation sites (tertiary alicyclic amines) is 1. The van der Waals surface area contributed by atoms with Gasteiger partial charge in [-0.05, 0) is 20.8 Å². The zero-order valence-corrected chi connectivity index (χ0v) is 9.33. The van der Waals surface area contributed by atoms with E-state index in [2.05, 4.69) is 17.2 Å². The maximum Gasteiger partial charge on any atom is 0.247 e. The van der Waals surface area contributed by atoms with Gasteiger partial charge in [-0.3, -0.25) is 19.8 Å². The number of hydrogen-bond donors (Lipinski definition) is 1. The van der Waals surface area contributed by atoms with E-state index in [-0.39, 0.29) is 30.3 Å². The topological polar surface area (TPSA) is 49.4 Å². The molecule has 1 aliphatic rings. The Bertz CT molecular complexity index is 325. The summed E-state index contributed by atoms with van der Waals surface area (Å²) in [6.45, 7) is 5.86.